The van der Waals surface area contributed by atoms with Crippen LogP contribution in [0.4, 0.5) is 0 Å². The number of hydrogen-bond donors (Lipinski definition) is 1. The van der Waals surface area contributed by atoms with Crippen molar-refractivity contribution in [2.45, 2.75) is 32.2 Å². The molecule has 0 aromatic heterocycles. The van der Waals surface area contributed by atoms with Crippen LogP contribution in [0.3, 0.4) is 0 Å². The lowest BCUT2D eigenvalue weighted by atomic mass is 9.95. The van der Waals surface area contributed by atoms with Gasteiger partial charge in [-0.25, -0.2) is 0 Å². The maximum atomic E-state index is 11.9. The summed E-state index contributed by atoms with van der Waals surface area (Å²) in [6.07, 6.45) is 4.16. The highest BCUT2D eigenvalue weighted by Gasteiger charge is 2.33. The Morgan fingerprint density at radius 2 is 1.96 bits per heavy atom. The standard InChI is InChI=1S/C19H22Cl2N2O2/c20-16-8-13(9-22-4-1-2-5-22)18-14(19(16)21)7-12-3-6-23(10-15(12)18)17(25)11-24/h8,24H,1-7,9-11H2. The molecule has 1 amide bonds. The fourth-order valence-corrected chi connectivity index (χ4v) is 4.83. The first-order valence-corrected chi connectivity index (χ1v) is 9.66. The van der Waals surface area contributed by atoms with Crippen LogP contribution >= 0.6 is 23.2 Å². The molecule has 0 bridgehead atoms. The highest BCUT2D eigenvalue weighted by atomic mass is 35.5. The van der Waals surface area contributed by atoms with Crippen molar-refractivity contribution >= 4 is 34.7 Å². The Morgan fingerprint density at radius 1 is 1.20 bits per heavy atom. The van der Waals surface area contributed by atoms with Gasteiger partial charge in [-0.05, 0) is 67.1 Å². The minimum atomic E-state index is -0.433. The molecule has 1 fully saturated rings. The number of nitrogens with zero attached hydrogens (tertiary/aromatic N) is 2. The van der Waals surface area contributed by atoms with E-state index < -0.39 is 6.61 Å². The van der Waals surface area contributed by atoms with Gasteiger partial charge in [0.25, 0.3) is 0 Å². The van der Waals surface area contributed by atoms with Crippen LogP contribution < -0.4 is 0 Å². The van der Waals surface area contributed by atoms with Gasteiger partial charge in [0.05, 0.1) is 10.0 Å². The summed E-state index contributed by atoms with van der Waals surface area (Å²) in [6.45, 7) is 3.92. The fourth-order valence-electron chi connectivity index (χ4n) is 4.36. The van der Waals surface area contributed by atoms with Crippen LogP contribution in [0.2, 0.25) is 10.0 Å². The third-order valence-electron chi connectivity index (χ3n) is 5.63. The van der Waals surface area contributed by atoms with Gasteiger partial charge in [0.2, 0.25) is 5.91 Å². The number of fused-ring (bicyclic) bond motifs is 2. The number of hydrogen-bond acceptors (Lipinski definition) is 3. The lowest BCUT2D eigenvalue weighted by molar-refractivity contribution is -0.133. The number of aliphatic hydroxyl groups excluding tert-OH is 1. The fraction of sp³-hybridized carbons (Fsp3) is 0.526. The first-order valence-electron chi connectivity index (χ1n) is 8.90. The number of amides is 1. The maximum Gasteiger partial charge on any atom is 0.248 e. The van der Waals surface area contributed by atoms with Crippen molar-refractivity contribution in [2.75, 3.05) is 32.8 Å². The van der Waals surface area contributed by atoms with E-state index in [0.717, 1.165) is 38.0 Å². The SMILES string of the molecule is O=C(CO)N1CCC2=C(C1)c1c(CN3CCCC3)cc(Cl)c(Cl)c1C2. The summed E-state index contributed by atoms with van der Waals surface area (Å²) in [6, 6.07) is 2.00. The van der Waals surface area contributed by atoms with E-state index in [2.05, 4.69) is 4.90 Å². The van der Waals surface area contributed by atoms with Gasteiger partial charge in [-0.2, -0.15) is 0 Å². The molecule has 134 valence electrons. The Hall–Kier alpha value is -1.07. The van der Waals surface area contributed by atoms with Crippen molar-refractivity contribution in [3.05, 3.63) is 38.4 Å². The van der Waals surface area contributed by atoms with E-state index in [1.165, 1.54) is 35.1 Å². The molecule has 4 nitrogen and oxygen atoms in total. The van der Waals surface area contributed by atoms with Gasteiger partial charge < -0.3 is 10.0 Å². The summed E-state index contributed by atoms with van der Waals surface area (Å²) in [5.74, 6) is -0.207. The summed E-state index contributed by atoms with van der Waals surface area (Å²) in [4.78, 5) is 16.2. The number of halogens is 2. The molecule has 2 aliphatic heterocycles. The second-order valence-corrected chi connectivity index (χ2v) is 7.94. The van der Waals surface area contributed by atoms with E-state index in [9.17, 15) is 9.90 Å². The molecule has 2 heterocycles. The summed E-state index contributed by atoms with van der Waals surface area (Å²) in [5.41, 5.74) is 6.12. The monoisotopic (exact) mass is 380 g/mol. The van der Waals surface area contributed by atoms with Gasteiger partial charge in [0, 0.05) is 19.6 Å². The van der Waals surface area contributed by atoms with Gasteiger partial charge >= 0.3 is 0 Å². The van der Waals surface area contributed by atoms with Crippen molar-refractivity contribution < 1.29 is 9.90 Å². The molecule has 3 aliphatic rings. The second kappa shape index (κ2) is 6.92. The lowest BCUT2D eigenvalue weighted by Gasteiger charge is -2.29. The first-order chi connectivity index (χ1) is 12.1. The minimum Gasteiger partial charge on any atom is -0.387 e. The molecule has 0 radical (unpaired) electrons. The average Bonchev–Trinajstić information content (AvgIpc) is 3.25. The Bertz CT molecular complexity index is 754. The quantitative estimate of drug-likeness (QED) is 0.875. The van der Waals surface area contributed by atoms with Crippen LogP contribution in [0, 0.1) is 0 Å². The zero-order chi connectivity index (χ0) is 17.6. The van der Waals surface area contributed by atoms with E-state index in [4.69, 9.17) is 23.2 Å². The van der Waals surface area contributed by atoms with Gasteiger partial charge in [-0.1, -0.05) is 28.8 Å². The number of likely N-dealkylation sites (tertiary alicyclic amines) is 1. The third-order valence-corrected chi connectivity index (χ3v) is 6.46. The predicted molar refractivity (Wildman–Crippen MR) is 99.9 cm³/mol. The van der Waals surface area contributed by atoms with E-state index in [1.807, 2.05) is 6.07 Å². The Kier molecular flexibility index (Phi) is 4.80. The van der Waals surface area contributed by atoms with Crippen LogP contribution in [-0.2, 0) is 17.8 Å². The van der Waals surface area contributed by atoms with Crippen molar-refractivity contribution in [3.8, 4) is 0 Å². The molecule has 0 saturated carbocycles. The predicted octanol–water partition coefficient (Wildman–Crippen LogP) is 3.12. The normalized spacial score (nSPS) is 20.2. The summed E-state index contributed by atoms with van der Waals surface area (Å²) >= 11 is 12.9. The minimum absolute atomic E-state index is 0.207. The van der Waals surface area contributed by atoms with E-state index >= 15 is 0 Å². The number of carbonyl (C=O) groups is 1. The maximum absolute atomic E-state index is 11.9. The van der Waals surface area contributed by atoms with Crippen molar-refractivity contribution in [1.82, 2.24) is 9.80 Å². The Labute approximate surface area is 158 Å². The molecular formula is C19H22Cl2N2O2. The van der Waals surface area contributed by atoms with E-state index in [-0.39, 0.29) is 5.91 Å². The molecule has 1 N–H and O–H groups in total. The Morgan fingerprint density at radius 3 is 2.68 bits per heavy atom. The molecule has 0 spiro atoms. The number of aliphatic hydroxyl groups is 1. The topological polar surface area (TPSA) is 43.8 Å². The second-order valence-electron chi connectivity index (χ2n) is 7.15. The van der Waals surface area contributed by atoms with Crippen molar-refractivity contribution in [3.63, 3.8) is 0 Å². The molecule has 0 atom stereocenters. The molecule has 6 heteroatoms. The number of carbonyl (C=O) groups excluding carboxylic acids is 1. The smallest absolute Gasteiger partial charge is 0.248 e. The molecule has 1 aromatic carbocycles. The number of rotatable bonds is 3. The summed E-state index contributed by atoms with van der Waals surface area (Å²) < 4.78 is 0. The van der Waals surface area contributed by atoms with E-state index in [0.29, 0.717) is 23.1 Å². The summed E-state index contributed by atoms with van der Waals surface area (Å²) in [5, 5.41) is 10.5. The lowest BCUT2D eigenvalue weighted by Crippen LogP contribution is -2.38. The van der Waals surface area contributed by atoms with E-state index in [1.54, 1.807) is 4.90 Å². The molecule has 1 aliphatic carbocycles. The zero-order valence-electron chi connectivity index (χ0n) is 14.2. The van der Waals surface area contributed by atoms with Gasteiger partial charge in [-0.15, -0.1) is 0 Å². The van der Waals surface area contributed by atoms with Crippen LogP contribution in [0.5, 0.6) is 0 Å². The van der Waals surface area contributed by atoms with Crippen molar-refractivity contribution in [1.29, 1.82) is 0 Å². The molecule has 25 heavy (non-hydrogen) atoms. The van der Waals surface area contributed by atoms with Crippen molar-refractivity contribution in [2.24, 2.45) is 0 Å². The molecule has 0 unspecified atom stereocenters. The highest BCUT2D eigenvalue weighted by Crippen LogP contribution is 2.45. The highest BCUT2D eigenvalue weighted by molar-refractivity contribution is 6.42. The molecule has 4 rings (SSSR count). The van der Waals surface area contributed by atoms with Gasteiger partial charge in [-0.3, -0.25) is 9.69 Å². The molecule has 1 aromatic rings. The van der Waals surface area contributed by atoms with Gasteiger partial charge in [0.15, 0.2) is 0 Å². The van der Waals surface area contributed by atoms with Gasteiger partial charge in [0.1, 0.15) is 6.61 Å². The zero-order valence-corrected chi connectivity index (χ0v) is 15.7. The van der Waals surface area contributed by atoms with Crippen LogP contribution in [-0.4, -0.2) is 53.6 Å². The summed E-state index contributed by atoms with van der Waals surface area (Å²) in [7, 11) is 0. The van der Waals surface area contributed by atoms with Crippen LogP contribution in [0.25, 0.3) is 5.57 Å². The molecular weight excluding hydrogens is 359 g/mol. The number of benzene rings is 1. The average molecular weight is 381 g/mol. The third kappa shape index (κ3) is 3.10. The largest absolute Gasteiger partial charge is 0.387 e. The Balaban J connectivity index is 1.72. The van der Waals surface area contributed by atoms with Crippen LogP contribution in [0.1, 0.15) is 36.0 Å². The molecule has 1 saturated heterocycles. The van der Waals surface area contributed by atoms with Crippen LogP contribution in [0.15, 0.2) is 11.6 Å². The first kappa shape index (κ1) is 17.3.